The molecule has 0 aliphatic carbocycles. The largest absolute Gasteiger partial charge is 0.459 e. The van der Waals surface area contributed by atoms with E-state index in [1.54, 1.807) is 24.4 Å². The highest BCUT2D eigenvalue weighted by molar-refractivity contribution is 6.01. The van der Waals surface area contributed by atoms with Gasteiger partial charge in [-0.1, -0.05) is 0 Å². The Hall–Kier alpha value is -3.28. The molecule has 0 bridgehead atoms. The van der Waals surface area contributed by atoms with E-state index in [4.69, 9.17) is 4.42 Å². The number of rotatable bonds is 7. The summed E-state index contributed by atoms with van der Waals surface area (Å²) in [5.74, 6) is 0.395. The maximum Gasteiger partial charge on any atom is 0.292 e. The molecule has 0 aliphatic rings. The van der Waals surface area contributed by atoms with Crippen LogP contribution in [-0.4, -0.2) is 24.0 Å². The average Bonchev–Trinajstić information content (AvgIpc) is 3.21. The van der Waals surface area contributed by atoms with Gasteiger partial charge in [0.15, 0.2) is 5.76 Å². The molecule has 6 heteroatoms. The summed E-state index contributed by atoms with van der Waals surface area (Å²) < 4.78 is 5.06. The first-order valence-corrected chi connectivity index (χ1v) is 8.62. The smallest absolute Gasteiger partial charge is 0.292 e. The van der Waals surface area contributed by atoms with Gasteiger partial charge in [0.25, 0.3) is 5.91 Å². The number of nitrogens with zero attached hydrogens (tertiary/aromatic N) is 2. The minimum atomic E-state index is -0.324. The van der Waals surface area contributed by atoms with Gasteiger partial charge in [-0.3, -0.25) is 4.79 Å². The van der Waals surface area contributed by atoms with Crippen molar-refractivity contribution in [3.05, 3.63) is 66.8 Å². The standard InChI is InChI=1S/C20H22N4O2/c1-3-24(4-2)17-10-7-15(8-11-17)22-16-9-12-19(21-14-16)23-20(25)18-6-5-13-26-18/h5-14,22H,3-4H2,1-2H3,(H,21,23,25). The molecule has 26 heavy (non-hydrogen) atoms. The summed E-state index contributed by atoms with van der Waals surface area (Å²) in [6.45, 7) is 6.26. The Morgan fingerprint density at radius 3 is 2.35 bits per heavy atom. The number of amides is 1. The lowest BCUT2D eigenvalue weighted by molar-refractivity contribution is 0.0996. The Bertz CT molecular complexity index is 823. The first kappa shape index (κ1) is 17.5. The minimum Gasteiger partial charge on any atom is -0.459 e. The van der Waals surface area contributed by atoms with Crippen LogP contribution in [0, 0.1) is 0 Å². The Kier molecular flexibility index (Phi) is 5.53. The van der Waals surface area contributed by atoms with E-state index in [2.05, 4.69) is 46.5 Å². The van der Waals surface area contributed by atoms with E-state index in [-0.39, 0.29) is 11.7 Å². The normalized spacial score (nSPS) is 10.4. The maximum atomic E-state index is 11.9. The molecular formula is C20H22N4O2. The van der Waals surface area contributed by atoms with Gasteiger partial charge in [0.2, 0.25) is 0 Å². The Morgan fingerprint density at radius 1 is 1.04 bits per heavy atom. The van der Waals surface area contributed by atoms with E-state index in [0.29, 0.717) is 5.82 Å². The lowest BCUT2D eigenvalue weighted by Crippen LogP contribution is -2.21. The van der Waals surface area contributed by atoms with Gasteiger partial charge < -0.3 is 20.0 Å². The van der Waals surface area contributed by atoms with E-state index < -0.39 is 0 Å². The Morgan fingerprint density at radius 2 is 1.77 bits per heavy atom. The van der Waals surface area contributed by atoms with E-state index in [1.807, 2.05) is 18.2 Å². The number of furan rings is 1. The van der Waals surface area contributed by atoms with Gasteiger partial charge in [0.05, 0.1) is 18.1 Å². The molecule has 3 rings (SSSR count). The molecule has 3 aromatic rings. The van der Waals surface area contributed by atoms with Crippen LogP contribution in [0.3, 0.4) is 0 Å². The van der Waals surface area contributed by atoms with Crippen LogP contribution in [0.2, 0.25) is 0 Å². The van der Waals surface area contributed by atoms with Crippen molar-refractivity contribution in [1.29, 1.82) is 0 Å². The van der Waals surface area contributed by atoms with Gasteiger partial charge in [-0.25, -0.2) is 4.98 Å². The predicted octanol–water partition coefficient (Wildman–Crippen LogP) is 4.52. The third kappa shape index (κ3) is 4.22. The number of pyridine rings is 1. The van der Waals surface area contributed by atoms with Crippen LogP contribution in [0.15, 0.2) is 65.4 Å². The van der Waals surface area contributed by atoms with Crippen LogP contribution < -0.4 is 15.5 Å². The summed E-state index contributed by atoms with van der Waals surface area (Å²) in [6.07, 6.45) is 3.14. The van der Waals surface area contributed by atoms with Crippen molar-refractivity contribution >= 4 is 28.8 Å². The molecule has 2 heterocycles. The third-order valence-electron chi connectivity index (χ3n) is 4.03. The second-order valence-electron chi connectivity index (χ2n) is 5.71. The van der Waals surface area contributed by atoms with Crippen LogP contribution >= 0.6 is 0 Å². The summed E-state index contributed by atoms with van der Waals surface area (Å²) in [5.41, 5.74) is 3.03. The van der Waals surface area contributed by atoms with Crippen molar-refractivity contribution in [2.45, 2.75) is 13.8 Å². The molecule has 0 saturated heterocycles. The molecule has 0 fully saturated rings. The van der Waals surface area contributed by atoms with E-state index in [0.717, 1.165) is 24.5 Å². The summed E-state index contributed by atoms with van der Waals surface area (Å²) in [7, 11) is 0. The number of benzene rings is 1. The molecule has 0 aliphatic heterocycles. The average molecular weight is 350 g/mol. The number of carbonyl (C=O) groups excluding carboxylic acids is 1. The summed E-state index contributed by atoms with van der Waals surface area (Å²) in [4.78, 5) is 18.5. The topological polar surface area (TPSA) is 70.4 Å². The van der Waals surface area contributed by atoms with Crippen molar-refractivity contribution in [2.75, 3.05) is 28.6 Å². The minimum absolute atomic E-state index is 0.252. The zero-order valence-electron chi connectivity index (χ0n) is 14.9. The Balaban J connectivity index is 1.61. The second kappa shape index (κ2) is 8.20. The molecule has 0 saturated carbocycles. The first-order chi connectivity index (χ1) is 12.7. The van der Waals surface area contributed by atoms with Gasteiger partial charge >= 0.3 is 0 Å². The van der Waals surface area contributed by atoms with Gasteiger partial charge in [-0.05, 0) is 62.4 Å². The highest BCUT2D eigenvalue weighted by atomic mass is 16.3. The SMILES string of the molecule is CCN(CC)c1ccc(Nc2ccc(NC(=O)c3ccco3)nc2)cc1. The molecule has 2 aromatic heterocycles. The number of hydrogen-bond donors (Lipinski definition) is 2. The van der Waals surface area contributed by atoms with Crippen molar-refractivity contribution in [1.82, 2.24) is 4.98 Å². The molecular weight excluding hydrogens is 328 g/mol. The fourth-order valence-corrected chi connectivity index (χ4v) is 2.64. The summed E-state index contributed by atoms with van der Waals surface area (Å²) in [5, 5.41) is 5.99. The molecule has 6 nitrogen and oxygen atoms in total. The molecule has 1 amide bonds. The number of anilines is 4. The van der Waals surface area contributed by atoms with Crippen LogP contribution in [0.5, 0.6) is 0 Å². The van der Waals surface area contributed by atoms with E-state index in [1.165, 1.54) is 12.0 Å². The third-order valence-corrected chi connectivity index (χ3v) is 4.03. The summed E-state index contributed by atoms with van der Waals surface area (Å²) >= 11 is 0. The lowest BCUT2D eigenvalue weighted by Gasteiger charge is -2.21. The lowest BCUT2D eigenvalue weighted by atomic mass is 10.2. The van der Waals surface area contributed by atoms with Crippen LogP contribution in [0.25, 0.3) is 0 Å². The van der Waals surface area contributed by atoms with Crippen LogP contribution in [-0.2, 0) is 0 Å². The molecule has 1 aromatic carbocycles. The number of hydrogen-bond acceptors (Lipinski definition) is 5. The first-order valence-electron chi connectivity index (χ1n) is 8.62. The molecule has 0 unspecified atom stereocenters. The molecule has 0 atom stereocenters. The van der Waals surface area contributed by atoms with Gasteiger partial charge in [-0.2, -0.15) is 0 Å². The zero-order valence-corrected chi connectivity index (χ0v) is 14.9. The Labute approximate surface area is 152 Å². The van der Waals surface area contributed by atoms with Crippen molar-refractivity contribution in [2.24, 2.45) is 0 Å². The van der Waals surface area contributed by atoms with Crippen LogP contribution in [0.4, 0.5) is 22.9 Å². The van der Waals surface area contributed by atoms with Gasteiger partial charge in [-0.15, -0.1) is 0 Å². The number of aromatic nitrogens is 1. The predicted molar refractivity (Wildman–Crippen MR) is 104 cm³/mol. The molecule has 0 radical (unpaired) electrons. The van der Waals surface area contributed by atoms with Gasteiger partial charge in [0.1, 0.15) is 5.82 Å². The number of nitrogens with one attached hydrogen (secondary N) is 2. The molecule has 0 spiro atoms. The van der Waals surface area contributed by atoms with Crippen molar-refractivity contribution in [3.63, 3.8) is 0 Å². The highest BCUT2D eigenvalue weighted by Gasteiger charge is 2.09. The number of carbonyl (C=O) groups is 1. The summed E-state index contributed by atoms with van der Waals surface area (Å²) in [6, 6.07) is 15.2. The highest BCUT2D eigenvalue weighted by Crippen LogP contribution is 2.21. The van der Waals surface area contributed by atoms with Crippen molar-refractivity contribution in [3.8, 4) is 0 Å². The van der Waals surface area contributed by atoms with Crippen molar-refractivity contribution < 1.29 is 9.21 Å². The van der Waals surface area contributed by atoms with Gasteiger partial charge in [0, 0.05) is 24.5 Å². The fraction of sp³-hybridized carbons (Fsp3) is 0.200. The van der Waals surface area contributed by atoms with E-state index in [9.17, 15) is 4.79 Å². The van der Waals surface area contributed by atoms with Crippen LogP contribution in [0.1, 0.15) is 24.4 Å². The monoisotopic (exact) mass is 350 g/mol. The quantitative estimate of drug-likeness (QED) is 0.656. The second-order valence-corrected chi connectivity index (χ2v) is 5.71. The maximum absolute atomic E-state index is 11.9. The fourth-order valence-electron chi connectivity index (χ4n) is 2.64. The molecule has 134 valence electrons. The molecule has 2 N–H and O–H groups in total. The zero-order chi connectivity index (χ0) is 18.4. The van der Waals surface area contributed by atoms with E-state index >= 15 is 0 Å².